The predicted molar refractivity (Wildman–Crippen MR) is 93.7 cm³/mol. The van der Waals surface area contributed by atoms with Gasteiger partial charge in [0.05, 0.1) is 10.9 Å². The molecule has 0 spiro atoms. The van der Waals surface area contributed by atoms with E-state index in [2.05, 4.69) is 28.1 Å². The molecule has 0 saturated heterocycles. The third-order valence-corrected chi connectivity index (χ3v) is 7.68. The molecule has 120 valence electrons. The fraction of sp³-hybridized carbons (Fsp3) is 0.333. The fourth-order valence-corrected chi connectivity index (χ4v) is 6.36. The van der Waals surface area contributed by atoms with Gasteiger partial charge in [0.1, 0.15) is 0 Å². The molecule has 4 rings (SSSR count). The van der Waals surface area contributed by atoms with Gasteiger partial charge in [0, 0.05) is 10.5 Å². The van der Waals surface area contributed by atoms with E-state index in [1.807, 2.05) is 18.2 Å². The number of nitrogens with zero attached hydrogens (tertiary/aromatic N) is 1. The Hall–Kier alpha value is -1.17. The van der Waals surface area contributed by atoms with Crippen LogP contribution in [-0.2, 0) is 16.4 Å². The van der Waals surface area contributed by atoms with Gasteiger partial charge in [-0.05, 0) is 64.9 Å². The highest BCUT2D eigenvalue weighted by Crippen LogP contribution is 2.45. The molecule has 0 aromatic heterocycles. The quantitative estimate of drug-likeness (QED) is 0.779. The molecule has 1 atom stereocenters. The Balaban J connectivity index is 1.80. The Bertz CT molecular complexity index is 846. The summed E-state index contributed by atoms with van der Waals surface area (Å²) in [7, 11) is -3.51. The number of sulfonamides is 1. The monoisotopic (exact) mass is 391 g/mol. The van der Waals surface area contributed by atoms with Crippen LogP contribution in [0.1, 0.15) is 36.4 Å². The zero-order valence-corrected chi connectivity index (χ0v) is 15.1. The van der Waals surface area contributed by atoms with Gasteiger partial charge in [0.2, 0.25) is 10.0 Å². The van der Waals surface area contributed by atoms with Crippen LogP contribution in [0.25, 0.3) is 0 Å². The number of fused-ring (bicyclic) bond motifs is 1. The maximum atomic E-state index is 13.3. The van der Waals surface area contributed by atoms with E-state index in [1.54, 1.807) is 22.5 Å². The van der Waals surface area contributed by atoms with Crippen LogP contribution >= 0.6 is 15.9 Å². The van der Waals surface area contributed by atoms with Crippen LogP contribution in [0, 0.1) is 0 Å². The molecule has 2 aliphatic rings. The summed E-state index contributed by atoms with van der Waals surface area (Å²) in [6, 6.07) is 15.5. The molecule has 2 aromatic rings. The first-order valence-corrected chi connectivity index (χ1v) is 10.2. The Morgan fingerprint density at radius 2 is 1.65 bits per heavy atom. The van der Waals surface area contributed by atoms with Crippen LogP contribution in [0.15, 0.2) is 57.9 Å². The zero-order valence-electron chi connectivity index (χ0n) is 12.7. The van der Waals surface area contributed by atoms with Gasteiger partial charge in [-0.3, -0.25) is 0 Å². The van der Waals surface area contributed by atoms with Gasteiger partial charge in [0.25, 0.3) is 0 Å². The van der Waals surface area contributed by atoms with Gasteiger partial charge >= 0.3 is 0 Å². The van der Waals surface area contributed by atoms with Crippen molar-refractivity contribution in [2.75, 3.05) is 0 Å². The number of benzene rings is 2. The number of hydrogen-bond donors (Lipinski definition) is 0. The minimum absolute atomic E-state index is 0.0317. The van der Waals surface area contributed by atoms with Crippen LogP contribution < -0.4 is 0 Å². The lowest BCUT2D eigenvalue weighted by atomic mass is 10.1. The molecule has 0 heterocycles. The minimum atomic E-state index is -3.51. The van der Waals surface area contributed by atoms with Crippen molar-refractivity contribution < 1.29 is 8.42 Å². The van der Waals surface area contributed by atoms with Crippen LogP contribution in [0.4, 0.5) is 0 Å². The first kappa shape index (κ1) is 15.4. The molecular formula is C18H18BrNO2S. The second kappa shape index (κ2) is 5.72. The lowest BCUT2D eigenvalue weighted by Gasteiger charge is -2.29. The molecule has 1 unspecified atom stereocenters. The van der Waals surface area contributed by atoms with Gasteiger partial charge in [-0.15, -0.1) is 0 Å². The third kappa shape index (κ3) is 2.65. The molecule has 0 aliphatic heterocycles. The van der Waals surface area contributed by atoms with E-state index < -0.39 is 10.0 Å². The Kier molecular flexibility index (Phi) is 3.82. The van der Waals surface area contributed by atoms with E-state index in [4.69, 9.17) is 0 Å². The SMILES string of the molecule is O=S(=O)(c1ccccc1Br)N(C1CC1)C1CCc2ccccc21. The summed E-state index contributed by atoms with van der Waals surface area (Å²) < 4.78 is 29.1. The van der Waals surface area contributed by atoms with Gasteiger partial charge in [-0.1, -0.05) is 36.4 Å². The average molecular weight is 392 g/mol. The topological polar surface area (TPSA) is 37.4 Å². The predicted octanol–water partition coefficient (Wildman–Crippen LogP) is 4.29. The number of halogens is 1. The van der Waals surface area contributed by atoms with Crippen molar-refractivity contribution in [3.05, 3.63) is 64.1 Å². The Labute approximate surface area is 145 Å². The van der Waals surface area contributed by atoms with Crippen molar-refractivity contribution in [3.63, 3.8) is 0 Å². The van der Waals surface area contributed by atoms with Crippen molar-refractivity contribution in [3.8, 4) is 0 Å². The molecule has 0 bridgehead atoms. The standard InChI is InChI=1S/C18H18BrNO2S/c19-16-7-3-4-8-18(16)23(21,22)20(14-10-11-14)17-12-9-13-5-1-2-6-15(13)17/h1-8,14,17H,9-12H2. The normalized spacial score (nSPS) is 20.7. The number of aryl methyl sites for hydroxylation is 1. The second-order valence-electron chi connectivity index (χ2n) is 6.25. The molecule has 2 aromatic carbocycles. The van der Waals surface area contributed by atoms with Crippen molar-refractivity contribution in [1.82, 2.24) is 4.31 Å². The highest BCUT2D eigenvalue weighted by atomic mass is 79.9. The summed E-state index contributed by atoms with van der Waals surface area (Å²) in [6.07, 6.45) is 3.75. The molecule has 0 amide bonds. The molecular weight excluding hydrogens is 374 g/mol. The number of hydrogen-bond acceptors (Lipinski definition) is 2. The first-order chi connectivity index (χ1) is 11.1. The molecule has 0 N–H and O–H groups in total. The Morgan fingerprint density at radius 1 is 0.957 bits per heavy atom. The van der Waals surface area contributed by atoms with E-state index in [0.717, 1.165) is 25.7 Å². The maximum Gasteiger partial charge on any atom is 0.245 e. The maximum absolute atomic E-state index is 13.3. The number of rotatable bonds is 4. The van der Waals surface area contributed by atoms with Gasteiger partial charge < -0.3 is 0 Å². The molecule has 5 heteroatoms. The van der Waals surface area contributed by atoms with Crippen LogP contribution in [0.3, 0.4) is 0 Å². The average Bonchev–Trinajstić information content (AvgIpc) is 3.28. The molecule has 2 aliphatic carbocycles. The fourth-order valence-electron chi connectivity index (χ4n) is 3.51. The van der Waals surface area contributed by atoms with E-state index >= 15 is 0 Å². The van der Waals surface area contributed by atoms with E-state index in [-0.39, 0.29) is 12.1 Å². The summed E-state index contributed by atoms with van der Waals surface area (Å²) in [5, 5.41) is 0. The highest BCUT2D eigenvalue weighted by Gasteiger charge is 2.45. The minimum Gasteiger partial charge on any atom is -0.207 e. The molecule has 1 fully saturated rings. The Morgan fingerprint density at radius 3 is 2.39 bits per heavy atom. The molecule has 0 radical (unpaired) electrons. The molecule has 1 saturated carbocycles. The summed E-state index contributed by atoms with van der Waals surface area (Å²) in [5.74, 6) is 0. The summed E-state index contributed by atoms with van der Waals surface area (Å²) >= 11 is 3.40. The largest absolute Gasteiger partial charge is 0.245 e. The van der Waals surface area contributed by atoms with Crippen molar-refractivity contribution in [2.45, 2.75) is 42.7 Å². The van der Waals surface area contributed by atoms with Gasteiger partial charge in [-0.25, -0.2) is 8.42 Å². The molecule has 23 heavy (non-hydrogen) atoms. The van der Waals surface area contributed by atoms with Crippen LogP contribution in [0.2, 0.25) is 0 Å². The second-order valence-corrected chi connectivity index (χ2v) is 8.92. The zero-order chi connectivity index (χ0) is 16.0. The first-order valence-electron chi connectivity index (χ1n) is 7.95. The van der Waals surface area contributed by atoms with Gasteiger partial charge in [0.15, 0.2) is 0 Å². The smallest absolute Gasteiger partial charge is 0.207 e. The van der Waals surface area contributed by atoms with Gasteiger partial charge in [-0.2, -0.15) is 4.31 Å². The van der Waals surface area contributed by atoms with Crippen LogP contribution in [0.5, 0.6) is 0 Å². The van der Waals surface area contributed by atoms with E-state index in [9.17, 15) is 8.42 Å². The van der Waals surface area contributed by atoms with Crippen molar-refractivity contribution in [1.29, 1.82) is 0 Å². The summed E-state index contributed by atoms with van der Waals surface area (Å²) in [4.78, 5) is 0.372. The highest BCUT2D eigenvalue weighted by molar-refractivity contribution is 9.10. The van der Waals surface area contributed by atoms with E-state index in [0.29, 0.717) is 9.37 Å². The molecule has 3 nitrogen and oxygen atoms in total. The van der Waals surface area contributed by atoms with E-state index in [1.165, 1.54) is 11.1 Å². The third-order valence-electron chi connectivity index (χ3n) is 4.71. The lowest BCUT2D eigenvalue weighted by Crippen LogP contribution is -2.36. The lowest BCUT2D eigenvalue weighted by molar-refractivity contribution is 0.314. The summed E-state index contributed by atoms with van der Waals surface area (Å²) in [5.41, 5.74) is 2.46. The van der Waals surface area contributed by atoms with Crippen LogP contribution in [-0.4, -0.2) is 18.8 Å². The summed E-state index contributed by atoms with van der Waals surface area (Å²) in [6.45, 7) is 0. The van der Waals surface area contributed by atoms with Crippen molar-refractivity contribution >= 4 is 26.0 Å². The van der Waals surface area contributed by atoms with Crippen molar-refractivity contribution in [2.24, 2.45) is 0 Å².